The van der Waals surface area contributed by atoms with Crippen molar-refractivity contribution in [3.05, 3.63) is 55.4 Å². The number of aromatic hydroxyl groups is 1. The number of alkyl halides is 1. The van der Waals surface area contributed by atoms with E-state index in [4.69, 9.17) is 4.74 Å². The Morgan fingerprint density at radius 3 is 2.56 bits per heavy atom. The molecule has 0 bridgehead atoms. The van der Waals surface area contributed by atoms with Gasteiger partial charge >= 0.3 is 0 Å². The zero-order valence-corrected chi connectivity index (χ0v) is 20.4. The van der Waals surface area contributed by atoms with E-state index in [2.05, 4.69) is 70.3 Å². The Balaban J connectivity index is 2.33. The molecule has 0 heterocycles. The van der Waals surface area contributed by atoms with Crippen molar-refractivity contribution in [2.45, 2.75) is 16.7 Å². The van der Waals surface area contributed by atoms with Gasteiger partial charge in [-0.15, -0.1) is 0 Å². The fourth-order valence-corrected chi connectivity index (χ4v) is 6.11. The fourth-order valence-electron chi connectivity index (χ4n) is 3.65. The zero-order valence-electron chi connectivity index (χ0n) is 14.1. The molecule has 3 atom stereocenters. The van der Waals surface area contributed by atoms with E-state index in [-0.39, 0.29) is 27.5 Å². The van der Waals surface area contributed by atoms with Gasteiger partial charge in [-0.2, -0.15) is 0 Å². The van der Waals surface area contributed by atoms with Crippen LogP contribution < -0.4 is 4.74 Å². The number of carbonyl (C=O) groups excluding carboxylic acids is 2. The molecule has 8 heteroatoms. The predicted molar refractivity (Wildman–Crippen MR) is 118 cm³/mol. The van der Waals surface area contributed by atoms with E-state index in [1.54, 1.807) is 12.1 Å². The van der Waals surface area contributed by atoms with Crippen molar-refractivity contribution >= 4 is 75.3 Å². The van der Waals surface area contributed by atoms with Crippen LogP contribution in [0.3, 0.4) is 0 Å². The Labute approximate surface area is 190 Å². The lowest BCUT2D eigenvalue weighted by molar-refractivity contribution is -0.127. The molecule has 0 saturated heterocycles. The van der Waals surface area contributed by atoms with Gasteiger partial charge in [0.25, 0.3) is 0 Å². The molecular weight excluding hydrogens is 612 g/mol. The van der Waals surface area contributed by atoms with Crippen molar-refractivity contribution in [1.82, 2.24) is 0 Å². The number of methoxy groups -OCH3 is 1. The summed E-state index contributed by atoms with van der Waals surface area (Å²) in [5.41, 5.74) is 1.51. The van der Waals surface area contributed by atoms with Gasteiger partial charge in [-0.1, -0.05) is 34.7 Å². The van der Waals surface area contributed by atoms with E-state index in [0.29, 0.717) is 20.9 Å². The number of phenols is 1. The molecule has 0 aliphatic heterocycles. The molecule has 1 aromatic rings. The fraction of sp³-hybridized carbons (Fsp3) is 0.263. The van der Waals surface area contributed by atoms with Gasteiger partial charge in [0.1, 0.15) is 4.32 Å². The van der Waals surface area contributed by atoms with E-state index in [9.17, 15) is 14.7 Å². The molecule has 0 spiro atoms. The maximum Gasteiger partial charge on any atom is 0.175 e. The average Bonchev–Trinajstić information content (AvgIpc) is 2.65. The highest BCUT2D eigenvalue weighted by molar-refractivity contribution is 9.13. The van der Waals surface area contributed by atoms with Gasteiger partial charge in [0.05, 0.1) is 22.0 Å². The van der Waals surface area contributed by atoms with Crippen molar-refractivity contribution in [1.29, 1.82) is 0 Å². The van der Waals surface area contributed by atoms with Crippen LogP contribution in [0.5, 0.6) is 11.5 Å². The molecule has 27 heavy (non-hydrogen) atoms. The minimum atomic E-state index is -1.16. The highest BCUT2D eigenvalue weighted by Gasteiger charge is 2.57. The zero-order chi connectivity index (χ0) is 20.1. The molecule has 1 N–H and O–H groups in total. The largest absolute Gasteiger partial charge is 0.503 e. The number of halogens is 4. The lowest BCUT2D eigenvalue weighted by Gasteiger charge is -2.45. The van der Waals surface area contributed by atoms with Crippen LogP contribution in [0.25, 0.3) is 0 Å². The second kappa shape index (κ2) is 7.61. The van der Waals surface area contributed by atoms with Gasteiger partial charge in [-0.05, 0) is 71.4 Å². The summed E-state index contributed by atoms with van der Waals surface area (Å²) >= 11 is 13.7. The first-order valence-electron chi connectivity index (χ1n) is 7.90. The number of fused-ring (bicyclic) bond motifs is 1. The number of Topliss-reactive ketones (excluding diaryl/α,β-unsaturated/α-hetero) is 1. The van der Waals surface area contributed by atoms with Crippen LogP contribution in [0.1, 0.15) is 17.9 Å². The second-order valence-electron chi connectivity index (χ2n) is 6.26. The summed E-state index contributed by atoms with van der Waals surface area (Å²) in [6.45, 7) is 3.88. The van der Waals surface area contributed by atoms with Crippen molar-refractivity contribution in [3.63, 3.8) is 0 Å². The van der Waals surface area contributed by atoms with E-state index in [1.807, 2.05) is 6.08 Å². The van der Waals surface area contributed by atoms with Crippen molar-refractivity contribution in [2.75, 3.05) is 7.11 Å². The number of rotatable bonds is 3. The first kappa shape index (κ1) is 21.0. The summed E-state index contributed by atoms with van der Waals surface area (Å²) in [5.74, 6) is -1.20. The number of carbonyl (C=O) groups is 2. The second-order valence-corrected chi connectivity index (χ2v) is 10.0. The van der Waals surface area contributed by atoms with Crippen molar-refractivity contribution < 1.29 is 19.4 Å². The number of phenolic OH excluding ortho intramolecular Hbond substituents is 1. The molecular formula is C19H14Br4O4. The van der Waals surface area contributed by atoms with Gasteiger partial charge in [-0.3, -0.25) is 9.59 Å². The molecule has 2 aliphatic carbocycles. The minimum Gasteiger partial charge on any atom is -0.503 e. The lowest BCUT2D eigenvalue weighted by atomic mass is 9.64. The molecule has 0 saturated carbocycles. The molecule has 4 nitrogen and oxygen atoms in total. The molecule has 0 aromatic heterocycles. The number of allylic oxidation sites excluding steroid dienone is 5. The van der Waals surface area contributed by atoms with E-state index < -0.39 is 16.2 Å². The summed E-state index contributed by atoms with van der Waals surface area (Å²) in [6, 6.07) is 1.67. The number of hydrogen-bond acceptors (Lipinski definition) is 4. The average molecular weight is 626 g/mol. The summed E-state index contributed by atoms with van der Waals surface area (Å²) in [4.78, 5) is 25.9. The van der Waals surface area contributed by atoms with Crippen LogP contribution in [0.15, 0.2) is 49.9 Å². The molecule has 3 rings (SSSR count). The lowest BCUT2D eigenvalue weighted by Crippen LogP contribution is -2.52. The molecule has 1 aromatic carbocycles. The molecule has 2 aliphatic rings. The Morgan fingerprint density at radius 2 is 1.96 bits per heavy atom. The Kier molecular flexibility index (Phi) is 5.93. The minimum absolute atomic E-state index is 0.0538. The van der Waals surface area contributed by atoms with Gasteiger partial charge in [0.2, 0.25) is 0 Å². The van der Waals surface area contributed by atoms with E-state index in [1.165, 1.54) is 13.2 Å². The molecule has 0 unspecified atom stereocenters. The molecule has 0 fully saturated rings. The van der Waals surface area contributed by atoms with Gasteiger partial charge < -0.3 is 9.84 Å². The first-order chi connectivity index (χ1) is 12.7. The van der Waals surface area contributed by atoms with Crippen LogP contribution in [0, 0.1) is 5.92 Å². The summed E-state index contributed by atoms with van der Waals surface area (Å²) in [6.07, 6.45) is 5.37. The number of ketones is 2. The molecule has 0 radical (unpaired) electrons. The highest BCUT2D eigenvalue weighted by atomic mass is 79.9. The van der Waals surface area contributed by atoms with E-state index >= 15 is 0 Å². The van der Waals surface area contributed by atoms with Crippen LogP contribution >= 0.6 is 63.7 Å². The maximum atomic E-state index is 13.1. The molecule has 0 amide bonds. The van der Waals surface area contributed by atoms with Crippen LogP contribution in [-0.4, -0.2) is 28.1 Å². The van der Waals surface area contributed by atoms with Crippen LogP contribution in [-0.2, 0) is 9.59 Å². The highest BCUT2D eigenvalue weighted by Crippen LogP contribution is 2.57. The SMILES string of the molecule is C=CC1=CC[C@H]2C(=O)C(Br)=CC(=O)[C@@]2(Br)[C@H]1c1cc(OC)c(O)c(Br)c1Br. The van der Waals surface area contributed by atoms with E-state index in [0.717, 1.165) is 5.57 Å². The molecule has 142 valence electrons. The monoisotopic (exact) mass is 622 g/mol. The van der Waals surface area contributed by atoms with Gasteiger partial charge in [-0.25, -0.2) is 0 Å². The van der Waals surface area contributed by atoms with Gasteiger partial charge in [0, 0.05) is 16.5 Å². The van der Waals surface area contributed by atoms with Crippen LogP contribution in [0.4, 0.5) is 0 Å². The maximum absolute atomic E-state index is 13.1. The van der Waals surface area contributed by atoms with Crippen LogP contribution in [0.2, 0.25) is 0 Å². The Morgan fingerprint density at radius 1 is 1.30 bits per heavy atom. The summed E-state index contributed by atoms with van der Waals surface area (Å²) < 4.78 is 5.39. The number of ether oxygens (including phenoxy) is 1. The third kappa shape index (κ3) is 3.12. The topological polar surface area (TPSA) is 63.6 Å². The third-order valence-electron chi connectivity index (χ3n) is 4.98. The summed E-state index contributed by atoms with van der Waals surface area (Å²) in [5, 5.41) is 10.3. The Hall–Kier alpha value is -0.700. The summed E-state index contributed by atoms with van der Waals surface area (Å²) in [7, 11) is 1.45. The quantitative estimate of drug-likeness (QED) is 0.438. The van der Waals surface area contributed by atoms with Gasteiger partial charge in [0.15, 0.2) is 23.1 Å². The predicted octanol–water partition coefficient (Wildman–Crippen LogP) is 5.71. The van der Waals surface area contributed by atoms with Crippen molar-refractivity contribution in [3.8, 4) is 11.5 Å². The standard InChI is InChI=1S/C19H14Br4O4/c1-3-8-4-5-10-17(25)11(20)7-13(24)19(10,23)14(8)9-6-12(27-2)18(26)16(22)15(9)21/h3-4,6-7,10,14,26H,1,5H2,2H3/t10-,14+,19+/m0/s1. The Bertz CT molecular complexity index is 934. The first-order valence-corrected chi connectivity index (χ1v) is 11.1. The third-order valence-corrected chi connectivity index (χ3v) is 9.16. The number of hydrogen-bond donors (Lipinski definition) is 1. The number of benzene rings is 1. The normalized spacial score (nSPS) is 27.6. The smallest absolute Gasteiger partial charge is 0.175 e. The van der Waals surface area contributed by atoms with Crippen molar-refractivity contribution in [2.24, 2.45) is 5.92 Å².